The predicted octanol–water partition coefficient (Wildman–Crippen LogP) is 3.53. The van der Waals surface area contributed by atoms with Crippen LogP contribution in [0, 0.1) is 0 Å². The lowest BCUT2D eigenvalue weighted by molar-refractivity contribution is 0.613. The maximum absolute atomic E-state index is 12.5. The molecule has 4 aromatic rings. The second-order valence-electron chi connectivity index (χ2n) is 6.70. The number of H-pyrrole nitrogens is 2. The molecule has 4 rings (SSSR count). The van der Waals surface area contributed by atoms with Gasteiger partial charge in [0.25, 0.3) is 5.56 Å². The molecule has 2 N–H and O–H groups in total. The van der Waals surface area contributed by atoms with Crippen molar-refractivity contribution in [2.45, 2.75) is 50.7 Å². The molecule has 0 fully saturated rings. The number of nitrogens with one attached hydrogen (secondary N) is 2. The van der Waals surface area contributed by atoms with Crippen molar-refractivity contribution in [3.63, 3.8) is 0 Å². The Morgan fingerprint density at radius 1 is 1.14 bits per heavy atom. The monoisotopic (exact) mass is 432 g/mol. The molecule has 152 valence electrons. The number of aromatic nitrogens is 6. The molecule has 0 aliphatic carbocycles. The molecule has 0 radical (unpaired) electrons. The number of rotatable bonds is 7. The molecule has 1 aromatic carbocycles. The van der Waals surface area contributed by atoms with E-state index in [4.69, 9.17) is 11.6 Å². The Bertz CT molecular complexity index is 1300. The number of fused-ring (bicyclic) bond motifs is 2. The third kappa shape index (κ3) is 3.72. The molecule has 0 unspecified atom stereocenters. The van der Waals surface area contributed by atoms with Crippen molar-refractivity contribution in [1.29, 1.82) is 0 Å². The van der Waals surface area contributed by atoms with Crippen molar-refractivity contribution in [1.82, 2.24) is 29.1 Å². The maximum Gasteiger partial charge on any atom is 0.330 e. The lowest BCUT2D eigenvalue weighted by atomic mass is 10.3. The van der Waals surface area contributed by atoms with Crippen LogP contribution < -0.4 is 11.2 Å². The van der Waals surface area contributed by atoms with Crippen molar-refractivity contribution in [2.75, 3.05) is 0 Å². The Labute approximate surface area is 175 Å². The first-order valence-electron chi connectivity index (χ1n) is 9.52. The Balaban J connectivity index is 1.71. The van der Waals surface area contributed by atoms with E-state index in [2.05, 4.69) is 26.9 Å². The summed E-state index contributed by atoms with van der Waals surface area (Å²) in [7, 11) is 0. The summed E-state index contributed by atoms with van der Waals surface area (Å²) >= 11 is 7.53. The molecule has 0 bridgehead atoms. The third-order valence-corrected chi connectivity index (χ3v) is 5.88. The van der Waals surface area contributed by atoms with Crippen LogP contribution in [0.15, 0.2) is 32.9 Å². The SMILES string of the molecule is CCCCn1c(=O)[nH]c(=O)c2c1nc(CSc1nc3ccc(Cl)cc3[nH]1)n2CC. The number of imidazole rings is 2. The minimum absolute atomic E-state index is 0.401. The first kappa shape index (κ1) is 19.8. The van der Waals surface area contributed by atoms with E-state index in [-0.39, 0.29) is 0 Å². The van der Waals surface area contributed by atoms with Gasteiger partial charge in [-0.25, -0.2) is 14.8 Å². The van der Waals surface area contributed by atoms with Gasteiger partial charge in [0.05, 0.1) is 16.8 Å². The van der Waals surface area contributed by atoms with Gasteiger partial charge < -0.3 is 9.55 Å². The van der Waals surface area contributed by atoms with E-state index in [1.165, 1.54) is 11.8 Å². The van der Waals surface area contributed by atoms with Crippen LogP contribution in [0.1, 0.15) is 32.5 Å². The van der Waals surface area contributed by atoms with Crippen LogP contribution in [-0.2, 0) is 18.8 Å². The van der Waals surface area contributed by atoms with E-state index in [0.717, 1.165) is 34.9 Å². The second kappa shape index (κ2) is 8.08. The van der Waals surface area contributed by atoms with Crippen molar-refractivity contribution < 1.29 is 0 Å². The standard InChI is InChI=1S/C19H21ClN6O2S/c1-3-5-8-26-16-15(17(27)24-19(26)28)25(4-2)14(23-16)10-29-18-21-12-7-6-11(20)9-13(12)22-18/h6-7,9H,3-5,8,10H2,1-2H3,(H,21,22)(H,24,27,28). The minimum atomic E-state index is -0.412. The van der Waals surface area contributed by atoms with Crippen LogP contribution in [0.3, 0.4) is 0 Å². The normalized spacial score (nSPS) is 11.7. The summed E-state index contributed by atoms with van der Waals surface area (Å²) in [6.45, 7) is 5.12. The number of benzene rings is 1. The summed E-state index contributed by atoms with van der Waals surface area (Å²) in [5.74, 6) is 1.24. The molecule has 0 saturated heterocycles. The second-order valence-corrected chi connectivity index (χ2v) is 8.10. The van der Waals surface area contributed by atoms with Gasteiger partial charge in [-0.2, -0.15) is 0 Å². The van der Waals surface area contributed by atoms with Crippen molar-refractivity contribution in [3.05, 3.63) is 49.9 Å². The molecular formula is C19H21ClN6O2S. The van der Waals surface area contributed by atoms with E-state index >= 15 is 0 Å². The first-order chi connectivity index (χ1) is 14.0. The fourth-order valence-corrected chi connectivity index (χ4v) is 4.36. The van der Waals surface area contributed by atoms with Crippen LogP contribution in [0.5, 0.6) is 0 Å². The van der Waals surface area contributed by atoms with E-state index in [0.29, 0.717) is 35.0 Å². The number of hydrogen-bond donors (Lipinski definition) is 2. The zero-order valence-electron chi connectivity index (χ0n) is 16.2. The summed E-state index contributed by atoms with van der Waals surface area (Å²) in [5.41, 5.74) is 1.78. The van der Waals surface area contributed by atoms with Gasteiger partial charge in [-0.05, 0) is 31.5 Å². The quantitative estimate of drug-likeness (QED) is 0.435. The zero-order chi connectivity index (χ0) is 20.5. The molecule has 0 spiro atoms. The first-order valence-corrected chi connectivity index (χ1v) is 10.9. The Kier molecular flexibility index (Phi) is 5.51. The highest BCUT2D eigenvalue weighted by molar-refractivity contribution is 7.98. The van der Waals surface area contributed by atoms with Crippen LogP contribution in [0.4, 0.5) is 0 Å². The molecule has 0 amide bonds. The molecule has 0 aliphatic heterocycles. The zero-order valence-corrected chi connectivity index (χ0v) is 17.7. The van der Waals surface area contributed by atoms with Crippen LogP contribution in [0.2, 0.25) is 5.02 Å². The highest BCUT2D eigenvalue weighted by Crippen LogP contribution is 2.25. The summed E-state index contributed by atoms with van der Waals surface area (Å²) in [4.78, 5) is 39.7. The molecule has 0 aliphatic rings. The smallest absolute Gasteiger partial charge is 0.330 e. The van der Waals surface area contributed by atoms with Crippen molar-refractivity contribution in [3.8, 4) is 0 Å². The highest BCUT2D eigenvalue weighted by Gasteiger charge is 2.18. The fraction of sp³-hybridized carbons (Fsp3) is 0.368. The van der Waals surface area contributed by atoms with Gasteiger partial charge in [0, 0.05) is 18.1 Å². The number of aromatic amines is 2. The molecule has 29 heavy (non-hydrogen) atoms. The predicted molar refractivity (Wildman–Crippen MR) is 116 cm³/mol. The summed E-state index contributed by atoms with van der Waals surface area (Å²) in [6, 6.07) is 5.50. The largest absolute Gasteiger partial charge is 0.333 e. The molecule has 8 nitrogen and oxygen atoms in total. The van der Waals surface area contributed by atoms with Crippen molar-refractivity contribution >= 4 is 45.6 Å². The summed E-state index contributed by atoms with van der Waals surface area (Å²) < 4.78 is 3.42. The Morgan fingerprint density at radius 2 is 1.97 bits per heavy atom. The van der Waals surface area contributed by atoms with Crippen LogP contribution in [-0.4, -0.2) is 29.1 Å². The molecular weight excluding hydrogens is 412 g/mol. The van der Waals surface area contributed by atoms with Crippen molar-refractivity contribution in [2.24, 2.45) is 0 Å². The number of halogens is 1. The molecule has 10 heteroatoms. The number of hydrogen-bond acceptors (Lipinski definition) is 5. The van der Waals surface area contributed by atoms with Gasteiger partial charge in [-0.15, -0.1) is 0 Å². The van der Waals surface area contributed by atoms with E-state index in [1.54, 1.807) is 10.6 Å². The van der Waals surface area contributed by atoms with Crippen LogP contribution in [0.25, 0.3) is 22.2 Å². The van der Waals surface area contributed by atoms with Crippen LogP contribution >= 0.6 is 23.4 Å². The minimum Gasteiger partial charge on any atom is -0.333 e. The Morgan fingerprint density at radius 3 is 2.72 bits per heavy atom. The maximum atomic E-state index is 12.5. The van der Waals surface area contributed by atoms with Gasteiger partial charge in [0.2, 0.25) is 0 Å². The number of aryl methyl sites for hydroxylation is 2. The van der Waals surface area contributed by atoms with Gasteiger partial charge in [-0.1, -0.05) is 36.7 Å². The van der Waals surface area contributed by atoms with Gasteiger partial charge in [-0.3, -0.25) is 14.3 Å². The topological polar surface area (TPSA) is 101 Å². The number of thioether (sulfide) groups is 1. The van der Waals surface area contributed by atoms with Gasteiger partial charge in [0.1, 0.15) is 5.82 Å². The number of nitrogens with zero attached hydrogens (tertiary/aromatic N) is 4. The molecule has 3 heterocycles. The molecule has 3 aromatic heterocycles. The van der Waals surface area contributed by atoms with E-state index in [1.807, 2.05) is 23.6 Å². The molecule has 0 saturated carbocycles. The lowest BCUT2D eigenvalue weighted by Gasteiger charge is -2.06. The average Bonchev–Trinajstić information content (AvgIpc) is 3.26. The highest BCUT2D eigenvalue weighted by atomic mass is 35.5. The van der Waals surface area contributed by atoms with Gasteiger partial charge >= 0.3 is 5.69 Å². The lowest BCUT2D eigenvalue weighted by Crippen LogP contribution is -2.31. The van der Waals surface area contributed by atoms with E-state index in [9.17, 15) is 9.59 Å². The van der Waals surface area contributed by atoms with Gasteiger partial charge in [0.15, 0.2) is 16.3 Å². The fourth-order valence-electron chi connectivity index (χ4n) is 3.35. The summed E-state index contributed by atoms with van der Waals surface area (Å²) in [5, 5.41) is 1.39. The third-order valence-electron chi connectivity index (χ3n) is 4.78. The Hall–Kier alpha value is -2.52. The summed E-state index contributed by atoms with van der Waals surface area (Å²) in [6.07, 6.45) is 1.78. The molecule has 0 atom stereocenters. The average molecular weight is 433 g/mol. The number of unbranched alkanes of at least 4 members (excludes halogenated alkanes) is 1. The van der Waals surface area contributed by atoms with E-state index < -0.39 is 11.2 Å².